The number of hydrogen-bond donors (Lipinski definition) is 1. The highest BCUT2D eigenvalue weighted by molar-refractivity contribution is 7.13. The van der Waals surface area contributed by atoms with Gasteiger partial charge in [-0.1, -0.05) is 35.9 Å². The Morgan fingerprint density at radius 1 is 1.17 bits per heavy atom. The molecule has 1 aliphatic heterocycles. The van der Waals surface area contributed by atoms with Crippen LogP contribution in [0.15, 0.2) is 53.9 Å². The first kappa shape index (κ1) is 20.0. The smallest absolute Gasteiger partial charge is 0.230 e. The van der Waals surface area contributed by atoms with Crippen molar-refractivity contribution in [3.05, 3.63) is 70.2 Å². The highest BCUT2D eigenvalue weighted by atomic mass is 35.5. The average molecular weight is 428 g/mol. The van der Waals surface area contributed by atoms with Gasteiger partial charge in [-0.2, -0.15) is 0 Å². The maximum absolute atomic E-state index is 12.3. The first-order valence-electron chi connectivity index (χ1n) is 9.55. The fraction of sp³-hybridized carbons (Fsp3) is 0.273. The number of thiazole rings is 1. The summed E-state index contributed by atoms with van der Waals surface area (Å²) in [5, 5.41) is 6.33. The van der Waals surface area contributed by atoms with Gasteiger partial charge in [-0.3, -0.25) is 9.69 Å². The van der Waals surface area contributed by atoms with Crippen molar-refractivity contribution >= 4 is 34.5 Å². The molecule has 1 aromatic heterocycles. The third-order valence-electron chi connectivity index (χ3n) is 4.69. The largest absolute Gasteiger partial charge is 0.379 e. The van der Waals surface area contributed by atoms with E-state index in [0.29, 0.717) is 10.7 Å². The van der Waals surface area contributed by atoms with Crippen molar-refractivity contribution in [3.8, 4) is 10.6 Å². The van der Waals surface area contributed by atoms with Crippen LogP contribution in [0.1, 0.15) is 11.3 Å². The number of anilines is 1. The second-order valence-corrected chi connectivity index (χ2v) is 8.26. The summed E-state index contributed by atoms with van der Waals surface area (Å²) in [6.45, 7) is 4.44. The van der Waals surface area contributed by atoms with Gasteiger partial charge in [-0.05, 0) is 29.8 Å². The number of nitrogens with one attached hydrogen (secondary N) is 1. The summed E-state index contributed by atoms with van der Waals surface area (Å²) in [5.41, 5.74) is 3.80. The normalized spacial score (nSPS) is 14.7. The zero-order valence-electron chi connectivity index (χ0n) is 15.9. The summed E-state index contributed by atoms with van der Waals surface area (Å²) < 4.78 is 5.42. The molecule has 29 heavy (non-hydrogen) atoms. The number of rotatable bonds is 6. The van der Waals surface area contributed by atoms with E-state index in [0.717, 1.165) is 49.1 Å². The van der Waals surface area contributed by atoms with Crippen LogP contribution in [0.5, 0.6) is 0 Å². The predicted molar refractivity (Wildman–Crippen MR) is 117 cm³/mol. The molecule has 150 valence electrons. The number of aromatic nitrogens is 1. The number of hydrogen-bond acceptors (Lipinski definition) is 5. The molecule has 5 nitrogen and oxygen atoms in total. The van der Waals surface area contributed by atoms with E-state index < -0.39 is 0 Å². The molecule has 0 unspecified atom stereocenters. The van der Waals surface area contributed by atoms with Crippen molar-refractivity contribution < 1.29 is 9.53 Å². The Morgan fingerprint density at radius 2 is 2.00 bits per heavy atom. The average Bonchev–Trinajstić information content (AvgIpc) is 3.17. The van der Waals surface area contributed by atoms with Gasteiger partial charge in [0.05, 0.1) is 25.3 Å². The molecule has 4 rings (SSSR count). The summed E-state index contributed by atoms with van der Waals surface area (Å²) in [6, 6.07) is 15.6. The van der Waals surface area contributed by atoms with Crippen LogP contribution in [0.4, 0.5) is 5.69 Å². The lowest BCUT2D eigenvalue weighted by Gasteiger charge is -2.26. The van der Waals surface area contributed by atoms with Gasteiger partial charge in [-0.15, -0.1) is 11.3 Å². The van der Waals surface area contributed by atoms with Gasteiger partial charge < -0.3 is 10.1 Å². The van der Waals surface area contributed by atoms with Gasteiger partial charge in [-0.25, -0.2) is 4.98 Å². The minimum absolute atomic E-state index is 0.106. The SMILES string of the molecule is O=C(Cc1csc(-c2cccc(CN3CCOCC3)c2)n1)Nc1cccc(Cl)c1. The highest BCUT2D eigenvalue weighted by Crippen LogP contribution is 2.25. The Bertz CT molecular complexity index is 985. The molecule has 0 aliphatic carbocycles. The van der Waals surface area contributed by atoms with Gasteiger partial charge in [0.25, 0.3) is 0 Å². The number of benzene rings is 2. The van der Waals surface area contributed by atoms with E-state index in [1.54, 1.807) is 23.5 Å². The molecule has 1 saturated heterocycles. The van der Waals surface area contributed by atoms with Gasteiger partial charge >= 0.3 is 0 Å². The summed E-state index contributed by atoms with van der Waals surface area (Å²) in [6.07, 6.45) is 0.233. The molecule has 2 heterocycles. The van der Waals surface area contributed by atoms with E-state index in [2.05, 4.69) is 39.5 Å². The fourth-order valence-corrected chi connectivity index (χ4v) is 4.28. The van der Waals surface area contributed by atoms with E-state index in [1.807, 2.05) is 17.5 Å². The second kappa shape index (κ2) is 9.50. The molecule has 0 atom stereocenters. The zero-order chi connectivity index (χ0) is 20.1. The monoisotopic (exact) mass is 427 g/mol. The first-order valence-corrected chi connectivity index (χ1v) is 10.8. The summed E-state index contributed by atoms with van der Waals surface area (Å²) >= 11 is 7.53. The first-order chi connectivity index (χ1) is 14.2. The maximum Gasteiger partial charge on any atom is 0.230 e. The number of morpholine rings is 1. The lowest BCUT2D eigenvalue weighted by atomic mass is 10.1. The summed E-state index contributed by atoms with van der Waals surface area (Å²) in [7, 11) is 0. The molecule has 0 saturated carbocycles. The third-order valence-corrected chi connectivity index (χ3v) is 5.86. The van der Waals surface area contributed by atoms with Crippen LogP contribution in [0, 0.1) is 0 Å². The summed E-state index contributed by atoms with van der Waals surface area (Å²) in [4.78, 5) is 19.4. The molecule has 1 N–H and O–H groups in total. The fourth-order valence-electron chi connectivity index (χ4n) is 3.28. The van der Waals surface area contributed by atoms with E-state index >= 15 is 0 Å². The van der Waals surface area contributed by atoms with E-state index in [4.69, 9.17) is 16.3 Å². The van der Waals surface area contributed by atoms with Gasteiger partial charge in [0.15, 0.2) is 0 Å². The van der Waals surface area contributed by atoms with Crippen LogP contribution in [0.3, 0.4) is 0 Å². The minimum Gasteiger partial charge on any atom is -0.379 e. The Labute approximate surface area is 179 Å². The lowest BCUT2D eigenvalue weighted by Crippen LogP contribution is -2.35. The standard InChI is InChI=1S/C22H22ClN3O2S/c23-18-5-2-6-19(12-18)24-21(27)13-20-15-29-22(25-20)17-4-1-3-16(11-17)14-26-7-9-28-10-8-26/h1-6,11-12,15H,7-10,13-14H2,(H,24,27). The molecule has 0 spiro atoms. The quantitative estimate of drug-likeness (QED) is 0.630. The zero-order valence-corrected chi connectivity index (χ0v) is 17.5. The Morgan fingerprint density at radius 3 is 2.83 bits per heavy atom. The number of amides is 1. The molecule has 3 aromatic rings. The van der Waals surface area contributed by atoms with Crippen LogP contribution >= 0.6 is 22.9 Å². The van der Waals surface area contributed by atoms with Crippen LogP contribution in [-0.4, -0.2) is 42.1 Å². The molecule has 1 amide bonds. The summed E-state index contributed by atoms with van der Waals surface area (Å²) in [5.74, 6) is -0.106. The number of nitrogens with zero attached hydrogens (tertiary/aromatic N) is 2. The molecular weight excluding hydrogens is 406 g/mol. The van der Waals surface area contributed by atoms with Crippen molar-refractivity contribution in [1.29, 1.82) is 0 Å². The molecule has 7 heteroatoms. The van der Waals surface area contributed by atoms with Crippen molar-refractivity contribution in [1.82, 2.24) is 9.88 Å². The van der Waals surface area contributed by atoms with Crippen LogP contribution in [0.2, 0.25) is 5.02 Å². The highest BCUT2D eigenvalue weighted by Gasteiger charge is 2.13. The molecule has 0 bridgehead atoms. The number of halogens is 1. The van der Waals surface area contributed by atoms with Crippen molar-refractivity contribution in [2.45, 2.75) is 13.0 Å². The van der Waals surface area contributed by atoms with Crippen LogP contribution in [0.25, 0.3) is 10.6 Å². The van der Waals surface area contributed by atoms with Gasteiger partial charge in [0.2, 0.25) is 5.91 Å². The molecular formula is C22H22ClN3O2S. The number of ether oxygens (including phenoxy) is 1. The molecule has 2 aromatic carbocycles. The Hall–Kier alpha value is -2.25. The number of carbonyl (C=O) groups excluding carboxylic acids is 1. The Kier molecular flexibility index (Phi) is 6.56. The third kappa shape index (κ3) is 5.64. The van der Waals surface area contributed by atoms with E-state index in [1.165, 1.54) is 5.56 Å². The number of carbonyl (C=O) groups is 1. The topological polar surface area (TPSA) is 54.5 Å². The van der Waals surface area contributed by atoms with Crippen molar-refractivity contribution in [2.75, 3.05) is 31.6 Å². The van der Waals surface area contributed by atoms with Gasteiger partial charge in [0.1, 0.15) is 5.01 Å². The Balaban J connectivity index is 1.39. The van der Waals surface area contributed by atoms with E-state index in [-0.39, 0.29) is 12.3 Å². The lowest BCUT2D eigenvalue weighted by molar-refractivity contribution is -0.115. The predicted octanol–water partition coefficient (Wildman–Crippen LogP) is 4.48. The maximum atomic E-state index is 12.3. The second-order valence-electron chi connectivity index (χ2n) is 6.97. The van der Waals surface area contributed by atoms with Crippen molar-refractivity contribution in [2.24, 2.45) is 0 Å². The molecule has 1 aliphatic rings. The van der Waals surface area contributed by atoms with Gasteiger partial charge in [0, 0.05) is 41.3 Å². The molecule has 0 radical (unpaired) electrons. The van der Waals surface area contributed by atoms with Crippen LogP contribution in [-0.2, 0) is 22.5 Å². The molecule has 1 fully saturated rings. The minimum atomic E-state index is -0.106. The van der Waals surface area contributed by atoms with Crippen LogP contribution < -0.4 is 5.32 Å². The van der Waals surface area contributed by atoms with E-state index in [9.17, 15) is 4.79 Å². The van der Waals surface area contributed by atoms with Crippen molar-refractivity contribution in [3.63, 3.8) is 0 Å².